The van der Waals surface area contributed by atoms with E-state index in [0.717, 1.165) is 31.7 Å². The molecule has 0 radical (unpaired) electrons. The summed E-state index contributed by atoms with van der Waals surface area (Å²) in [6, 6.07) is 10.0. The van der Waals surface area contributed by atoms with Crippen LogP contribution in [0.1, 0.15) is 68.9 Å². The van der Waals surface area contributed by atoms with Crippen molar-refractivity contribution in [1.29, 1.82) is 0 Å². The van der Waals surface area contributed by atoms with Gasteiger partial charge in [0.05, 0.1) is 11.7 Å². The zero-order chi connectivity index (χ0) is 18.7. The predicted octanol–water partition coefficient (Wildman–Crippen LogP) is 5.15. The molecule has 27 heavy (non-hydrogen) atoms. The van der Waals surface area contributed by atoms with E-state index in [1.807, 2.05) is 14.2 Å². The van der Waals surface area contributed by atoms with E-state index < -0.39 is 0 Å². The van der Waals surface area contributed by atoms with Crippen molar-refractivity contribution in [2.24, 2.45) is 0 Å². The fourth-order valence-corrected chi connectivity index (χ4v) is 5.10. The number of methoxy groups -OCH3 is 2. The lowest BCUT2D eigenvalue weighted by Gasteiger charge is -2.40. The average molecular weight is 370 g/mol. The van der Waals surface area contributed by atoms with Gasteiger partial charge in [-0.3, -0.25) is 4.90 Å². The van der Waals surface area contributed by atoms with Gasteiger partial charge in [0, 0.05) is 33.4 Å². The number of rotatable bonds is 5. The zero-order valence-electron chi connectivity index (χ0n) is 17.1. The molecule has 3 fully saturated rings. The number of nitrogens with zero attached hydrogens (tertiary/aromatic N) is 1. The Labute approximate surface area is 164 Å². The number of ether oxygens (including phenoxy) is 2. The molecule has 1 aromatic rings. The van der Waals surface area contributed by atoms with Crippen molar-refractivity contribution in [2.75, 3.05) is 27.3 Å². The highest BCUT2D eigenvalue weighted by atomic mass is 16.5. The van der Waals surface area contributed by atoms with Crippen LogP contribution in [0.4, 0.5) is 0 Å². The van der Waals surface area contributed by atoms with Gasteiger partial charge >= 0.3 is 0 Å². The number of benzene rings is 1. The lowest BCUT2D eigenvalue weighted by Crippen LogP contribution is -2.43. The van der Waals surface area contributed by atoms with Crippen LogP contribution in [0.15, 0.2) is 29.8 Å². The van der Waals surface area contributed by atoms with Crippen molar-refractivity contribution in [3.63, 3.8) is 0 Å². The number of hydrogen-bond acceptors (Lipinski definition) is 3. The first kappa shape index (κ1) is 19.2. The lowest BCUT2D eigenvalue weighted by atomic mass is 9.78. The van der Waals surface area contributed by atoms with Gasteiger partial charge in [0.1, 0.15) is 0 Å². The van der Waals surface area contributed by atoms with Crippen LogP contribution in [-0.2, 0) is 15.1 Å². The summed E-state index contributed by atoms with van der Waals surface area (Å²) in [4.78, 5) is 2.71. The van der Waals surface area contributed by atoms with Gasteiger partial charge in [0.2, 0.25) is 0 Å². The van der Waals surface area contributed by atoms with Gasteiger partial charge in [-0.25, -0.2) is 0 Å². The van der Waals surface area contributed by atoms with Crippen LogP contribution in [0.3, 0.4) is 0 Å². The topological polar surface area (TPSA) is 21.7 Å². The molecule has 3 nitrogen and oxygen atoms in total. The summed E-state index contributed by atoms with van der Waals surface area (Å²) >= 11 is 0. The summed E-state index contributed by atoms with van der Waals surface area (Å²) in [6.07, 6.45) is 13.8. The van der Waals surface area contributed by atoms with Gasteiger partial charge in [0.15, 0.2) is 0 Å². The molecule has 1 aromatic carbocycles. The van der Waals surface area contributed by atoms with Crippen LogP contribution in [0.25, 0.3) is 6.08 Å². The van der Waals surface area contributed by atoms with Crippen molar-refractivity contribution < 1.29 is 9.47 Å². The highest BCUT2D eigenvalue weighted by Gasteiger charge is 2.37. The summed E-state index contributed by atoms with van der Waals surface area (Å²) in [5.74, 6) is 0. The Hall–Kier alpha value is -1.16. The molecule has 1 saturated heterocycles. The van der Waals surface area contributed by atoms with Crippen molar-refractivity contribution in [3.8, 4) is 0 Å². The van der Waals surface area contributed by atoms with E-state index in [-0.39, 0.29) is 5.60 Å². The average Bonchev–Trinajstić information content (AvgIpc) is 2.69. The molecule has 0 atom stereocenters. The normalized spacial score (nSPS) is 30.1. The zero-order valence-corrected chi connectivity index (χ0v) is 17.1. The van der Waals surface area contributed by atoms with Crippen LogP contribution in [-0.4, -0.2) is 44.4 Å². The second-order valence-corrected chi connectivity index (χ2v) is 8.68. The Balaban J connectivity index is 1.38. The molecule has 2 aliphatic carbocycles. The van der Waals surface area contributed by atoms with Gasteiger partial charge < -0.3 is 9.47 Å². The Morgan fingerprint density at radius 1 is 0.963 bits per heavy atom. The molecule has 3 heteroatoms. The van der Waals surface area contributed by atoms with E-state index in [4.69, 9.17) is 9.47 Å². The number of likely N-dealkylation sites (tertiary alicyclic amines) is 1. The molecule has 0 bridgehead atoms. The Morgan fingerprint density at radius 3 is 2.15 bits per heavy atom. The molecule has 1 heterocycles. The highest BCUT2D eigenvalue weighted by Crippen LogP contribution is 2.41. The summed E-state index contributed by atoms with van der Waals surface area (Å²) in [5.41, 5.74) is 4.14. The van der Waals surface area contributed by atoms with E-state index in [0.29, 0.717) is 6.10 Å². The van der Waals surface area contributed by atoms with E-state index in [1.165, 1.54) is 56.3 Å². The van der Waals surface area contributed by atoms with Crippen LogP contribution >= 0.6 is 0 Å². The van der Waals surface area contributed by atoms with Crippen LogP contribution in [0, 0.1) is 0 Å². The monoisotopic (exact) mass is 369 g/mol. The summed E-state index contributed by atoms with van der Waals surface area (Å²) < 4.78 is 11.6. The first-order chi connectivity index (χ1) is 13.2. The van der Waals surface area contributed by atoms with E-state index in [1.54, 1.807) is 5.57 Å². The molecule has 0 unspecified atom stereocenters. The summed E-state index contributed by atoms with van der Waals surface area (Å²) in [7, 11) is 3.68. The minimum atomic E-state index is -0.130. The Kier molecular flexibility index (Phi) is 6.01. The fraction of sp³-hybridized carbons (Fsp3) is 0.667. The van der Waals surface area contributed by atoms with Crippen molar-refractivity contribution in [1.82, 2.24) is 4.90 Å². The van der Waals surface area contributed by atoms with Crippen LogP contribution < -0.4 is 0 Å². The molecule has 2 saturated carbocycles. The van der Waals surface area contributed by atoms with E-state index in [9.17, 15) is 0 Å². The molecular weight excluding hydrogens is 334 g/mol. The fourth-order valence-electron chi connectivity index (χ4n) is 5.10. The third-order valence-corrected chi connectivity index (χ3v) is 7.30. The number of hydrogen-bond donors (Lipinski definition) is 0. The van der Waals surface area contributed by atoms with Gasteiger partial charge in [-0.05, 0) is 62.5 Å². The second kappa shape index (κ2) is 8.46. The SMILES string of the molecule is COC1CCC(OC)(c2ccc(C=C3CCN(C4CCC4)CC3)cc2)CC1. The molecule has 0 aromatic heterocycles. The van der Waals surface area contributed by atoms with Crippen molar-refractivity contribution >= 4 is 6.08 Å². The molecule has 148 valence electrons. The van der Waals surface area contributed by atoms with Crippen molar-refractivity contribution in [3.05, 3.63) is 41.0 Å². The summed E-state index contributed by atoms with van der Waals surface area (Å²) in [5, 5.41) is 0. The maximum absolute atomic E-state index is 6.02. The van der Waals surface area contributed by atoms with Crippen LogP contribution in [0.5, 0.6) is 0 Å². The van der Waals surface area contributed by atoms with Gasteiger partial charge in [-0.2, -0.15) is 0 Å². The maximum atomic E-state index is 6.02. The molecular formula is C24H35NO2. The smallest absolute Gasteiger partial charge is 0.0929 e. The molecule has 1 aliphatic heterocycles. The van der Waals surface area contributed by atoms with Crippen LogP contribution in [0.2, 0.25) is 0 Å². The Morgan fingerprint density at radius 2 is 1.63 bits per heavy atom. The highest BCUT2D eigenvalue weighted by molar-refractivity contribution is 5.54. The molecule has 3 aliphatic rings. The third kappa shape index (κ3) is 4.16. The minimum absolute atomic E-state index is 0.130. The quantitative estimate of drug-likeness (QED) is 0.716. The minimum Gasteiger partial charge on any atom is -0.381 e. The van der Waals surface area contributed by atoms with E-state index >= 15 is 0 Å². The van der Waals surface area contributed by atoms with Crippen molar-refractivity contribution in [2.45, 2.75) is 75.5 Å². The third-order valence-electron chi connectivity index (χ3n) is 7.30. The number of piperidine rings is 1. The molecule has 0 spiro atoms. The molecule has 4 rings (SSSR count). The summed E-state index contributed by atoms with van der Waals surface area (Å²) in [6.45, 7) is 2.50. The van der Waals surface area contributed by atoms with Gasteiger partial charge in [-0.1, -0.05) is 42.3 Å². The lowest BCUT2D eigenvalue weighted by molar-refractivity contribution is -0.0761. The maximum Gasteiger partial charge on any atom is 0.0929 e. The molecule has 0 amide bonds. The second-order valence-electron chi connectivity index (χ2n) is 8.68. The first-order valence-corrected chi connectivity index (χ1v) is 10.8. The van der Waals surface area contributed by atoms with E-state index in [2.05, 4.69) is 35.2 Å². The van der Waals surface area contributed by atoms with Gasteiger partial charge in [0.25, 0.3) is 0 Å². The molecule has 0 N–H and O–H groups in total. The predicted molar refractivity (Wildman–Crippen MR) is 111 cm³/mol. The van der Waals surface area contributed by atoms with Gasteiger partial charge in [-0.15, -0.1) is 0 Å². The largest absolute Gasteiger partial charge is 0.381 e. The standard InChI is InChI=1S/C24H35NO2/c1-26-23-10-14-24(27-2,15-11-23)21-8-6-19(7-9-21)18-20-12-16-25(17-13-20)22-4-3-5-22/h6-9,18,22-23H,3-5,10-17H2,1-2H3. The first-order valence-electron chi connectivity index (χ1n) is 10.8. The Bertz CT molecular complexity index is 629.